The van der Waals surface area contributed by atoms with Crippen molar-refractivity contribution >= 4 is 5.97 Å². The fourth-order valence-corrected chi connectivity index (χ4v) is 4.32. The molecular formula is C20H30N2O3. The molecule has 1 aromatic carbocycles. The molecule has 2 saturated heterocycles. The lowest BCUT2D eigenvalue weighted by atomic mass is 9.89. The third-order valence-electron chi connectivity index (χ3n) is 5.93. The molecule has 3 rings (SSSR count). The molecule has 0 radical (unpaired) electrons. The van der Waals surface area contributed by atoms with Gasteiger partial charge in [-0.25, -0.2) is 4.79 Å². The molecular weight excluding hydrogens is 316 g/mol. The minimum atomic E-state index is -0.933. The summed E-state index contributed by atoms with van der Waals surface area (Å²) in [5, 5.41) is 9.33. The van der Waals surface area contributed by atoms with Crippen LogP contribution in [0.3, 0.4) is 0 Å². The molecule has 5 heteroatoms. The van der Waals surface area contributed by atoms with Crippen LogP contribution in [0.25, 0.3) is 0 Å². The quantitative estimate of drug-likeness (QED) is 0.858. The smallest absolute Gasteiger partial charge is 0.339 e. The minimum absolute atomic E-state index is 0.248. The number of carbonyl (C=O) groups is 1. The van der Waals surface area contributed by atoms with Crippen LogP contribution >= 0.6 is 0 Å². The van der Waals surface area contributed by atoms with E-state index in [4.69, 9.17) is 4.74 Å². The number of carboxylic acids is 1. The summed E-state index contributed by atoms with van der Waals surface area (Å²) < 4.78 is 5.14. The Morgan fingerprint density at radius 1 is 1.24 bits per heavy atom. The van der Waals surface area contributed by atoms with Gasteiger partial charge in [0.05, 0.1) is 7.11 Å². The number of rotatable bonds is 6. The first-order chi connectivity index (χ1) is 12.1. The molecule has 2 fully saturated rings. The molecule has 0 aliphatic carbocycles. The predicted molar refractivity (Wildman–Crippen MR) is 98.2 cm³/mol. The third kappa shape index (κ3) is 4.33. The number of carboxylic acid groups (broad SMARTS) is 1. The number of ether oxygens (including phenoxy) is 1. The monoisotopic (exact) mass is 346 g/mol. The summed E-state index contributed by atoms with van der Waals surface area (Å²) in [6.07, 6.45) is 5.18. The van der Waals surface area contributed by atoms with Gasteiger partial charge in [0.2, 0.25) is 0 Å². The molecule has 1 N–H and O–H groups in total. The van der Waals surface area contributed by atoms with E-state index in [9.17, 15) is 9.90 Å². The average Bonchev–Trinajstić information content (AvgIpc) is 3.16. The molecule has 1 aromatic rings. The Morgan fingerprint density at radius 2 is 1.92 bits per heavy atom. The molecule has 0 saturated carbocycles. The van der Waals surface area contributed by atoms with Crippen molar-refractivity contribution in [3.63, 3.8) is 0 Å². The third-order valence-corrected chi connectivity index (χ3v) is 5.93. The molecule has 2 aliphatic heterocycles. The summed E-state index contributed by atoms with van der Waals surface area (Å²) in [5.74, 6) is 0.283. The van der Waals surface area contributed by atoms with E-state index in [1.807, 2.05) is 6.07 Å². The van der Waals surface area contributed by atoms with Crippen molar-refractivity contribution < 1.29 is 14.6 Å². The Labute approximate surface area is 150 Å². The molecule has 138 valence electrons. The highest BCUT2D eigenvalue weighted by Gasteiger charge is 2.29. The van der Waals surface area contributed by atoms with Crippen molar-refractivity contribution in [1.82, 2.24) is 9.80 Å². The average molecular weight is 346 g/mol. The van der Waals surface area contributed by atoms with Crippen LogP contribution in [0.1, 0.15) is 48.5 Å². The Morgan fingerprint density at radius 3 is 2.52 bits per heavy atom. The zero-order valence-electron chi connectivity index (χ0n) is 15.4. The van der Waals surface area contributed by atoms with Crippen LogP contribution < -0.4 is 4.74 Å². The van der Waals surface area contributed by atoms with Crippen LogP contribution in [0.5, 0.6) is 5.75 Å². The number of aromatic carboxylic acids is 1. The van der Waals surface area contributed by atoms with Crippen LogP contribution in [0.2, 0.25) is 0 Å². The molecule has 1 atom stereocenters. The van der Waals surface area contributed by atoms with Gasteiger partial charge in [-0.2, -0.15) is 0 Å². The maximum absolute atomic E-state index is 11.4. The van der Waals surface area contributed by atoms with Crippen LogP contribution in [-0.2, 0) is 6.54 Å². The Balaban J connectivity index is 1.55. The van der Waals surface area contributed by atoms with Gasteiger partial charge in [-0.3, -0.25) is 4.90 Å². The lowest BCUT2D eigenvalue weighted by molar-refractivity contribution is 0.0693. The normalized spacial score (nSPS) is 21.4. The number of nitrogens with zero attached hydrogens (tertiary/aromatic N) is 2. The fraction of sp³-hybridized carbons (Fsp3) is 0.650. The van der Waals surface area contributed by atoms with Crippen molar-refractivity contribution in [2.45, 2.75) is 45.2 Å². The van der Waals surface area contributed by atoms with E-state index in [1.165, 1.54) is 45.9 Å². The van der Waals surface area contributed by atoms with E-state index in [2.05, 4.69) is 16.7 Å². The zero-order chi connectivity index (χ0) is 17.8. The minimum Gasteiger partial charge on any atom is -0.496 e. The van der Waals surface area contributed by atoms with Crippen LogP contribution in [-0.4, -0.2) is 60.2 Å². The van der Waals surface area contributed by atoms with Crippen molar-refractivity contribution in [2.24, 2.45) is 5.92 Å². The van der Waals surface area contributed by atoms with Crippen molar-refractivity contribution in [3.05, 3.63) is 29.3 Å². The largest absolute Gasteiger partial charge is 0.496 e. The highest BCUT2D eigenvalue weighted by molar-refractivity contribution is 5.91. The van der Waals surface area contributed by atoms with Gasteiger partial charge in [0.15, 0.2) is 0 Å². The van der Waals surface area contributed by atoms with Crippen LogP contribution in [0.4, 0.5) is 0 Å². The molecule has 1 unspecified atom stereocenters. The lowest BCUT2D eigenvalue weighted by Crippen LogP contribution is -2.42. The number of hydrogen-bond donors (Lipinski definition) is 1. The van der Waals surface area contributed by atoms with Gasteiger partial charge >= 0.3 is 5.97 Å². The van der Waals surface area contributed by atoms with E-state index < -0.39 is 5.97 Å². The molecule has 0 bridgehead atoms. The Hall–Kier alpha value is -1.59. The first kappa shape index (κ1) is 18.2. The van der Waals surface area contributed by atoms with E-state index in [0.29, 0.717) is 11.8 Å². The SMILES string of the molecule is COc1ccc(CN2CCC(C(C)N3CCCC3)CC2)cc1C(=O)O. The second kappa shape index (κ2) is 8.19. The Bertz CT molecular complexity index is 591. The van der Waals surface area contributed by atoms with E-state index in [-0.39, 0.29) is 5.56 Å². The van der Waals surface area contributed by atoms with E-state index in [0.717, 1.165) is 31.1 Å². The second-order valence-electron chi connectivity index (χ2n) is 7.44. The number of methoxy groups -OCH3 is 1. The summed E-state index contributed by atoms with van der Waals surface area (Å²) in [7, 11) is 1.51. The molecule has 25 heavy (non-hydrogen) atoms. The van der Waals surface area contributed by atoms with Crippen molar-refractivity contribution in [1.29, 1.82) is 0 Å². The summed E-state index contributed by atoms with van der Waals surface area (Å²) >= 11 is 0. The number of benzene rings is 1. The summed E-state index contributed by atoms with van der Waals surface area (Å²) in [6, 6.07) is 6.19. The number of likely N-dealkylation sites (tertiary alicyclic amines) is 2. The van der Waals surface area contributed by atoms with Gasteiger partial charge in [0, 0.05) is 12.6 Å². The van der Waals surface area contributed by atoms with Gasteiger partial charge < -0.3 is 14.7 Å². The highest BCUT2D eigenvalue weighted by atomic mass is 16.5. The molecule has 5 nitrogen and oxygen atoms in total. The summed E-state index contributed by atoms with van der Waals surface area (Å²) in [5.41, 5.74) is 1.29. The van der Waals surface area contributed by atoms with Gasteiger partial charge in [0.1, 0.15) is 11.3 Å². The molecule has 0 spiro atoms. The van der Waals surface area contributed by atoms with E-state index >= 15 is 0 Å². The summed E-state index contributed by atoms with van der Waals surface area (Å²) in [4.78, 5) is 16.5. The van der Waals surface area contributed by atoms with Crippen molar-refractivity contribution in [3.8, 4) is 5.75 Å². The zero-order valence-corrected chi connectivity index (χ0v) is 15.4. The Kier molecular flexibility index (Phi) is 5.97. The molecule has 0 aromatic heterocycles. The molecule has 0 amide bonds. The first-order valence-electron chi connectivity index (χ1n) is 9.45. The second-order valence-corrected chi connectivity index (χ2v) is 7.44. The first-order valence-corrected chi connectivity index (χ1v) is 9.45. The topological polar surface area (TPSA) is 53.0 Å². The summed E-state index contributed by atoms with van der Waals surface area (Å²) in [6.45, 7) is 7.94. The van der Waals surface area contributed by atoms with Gasteiger partial charge in [-0.15, -0.1) is 0 Å². The molecule has 2 heterocycles. The lowest BCUT2D eigenvalue weighted by Gasteiger charge is -2.38. The maximum Gasteiger partial charge on any atom is 0.339 e. The fourth-order valence-electron chi connectivity index (χ4n) is 4.32. The van der Waals surface area contributed by atoms with Crippen molar-refractivity contribution in [2.75, 3.05) is 33.3 Å². The van der Waals surface area contributed by atoms with E-state index in [1.54, 1.807) is 12.1 Å². The van der Waals surface area contributed by atoms with Gasteiger partial charge in [-0.05, 0) is 82.4 Å². The van der Waals surface area contributed by atoms with Gasteiger partial charge in [-0.1, -0.05) is 6.07 Å². The maximum atomic E-state index is 11.4. The number of hydrogen-bond acceptors (Lipinski definition) is 4. The number of piperidine rings is 1. The van der Waals surface area contributed by atoms with Crippen LogP contribution in [0, 0.1) is 5.92 Å². The predicted octanol–water partition coefficient (Wildman–Crippen LogP) is 3.09. The highest BCUT2D eigenvalue weighted by Crippen LogP contribution is 2.28. The van der Waals surface area contributed by atoms with Gasteiger partial charge in [0.25, 0.3) is 0 Å². The van der Waals surface area contributed by atoms with Crippen LogP contribution in [0.15, 0.2) is 18.2 Å². The molecule has 2 aliphatic rings. The standard InChI is InChI=1S/C20H30N2O3/c1-15(22-9-3-4-10-22)17-7-11-21(12-8-17)14-16-5-6-19(25-2)18(13-16)20(23)24/h5-6,13,15,17H,3-4,7-12,14H2,1-2H3,(H,23,24).